The van der Waals surface area contributed by atoms with Crippen molar-refractivity contribution in [2.75, 3.05) is 13.1 Å². The van der Waals surface area contributed by atoms with Crippen LogP contribution < -0.4 is 0 Å². The molecule has 1 saturated heterocycles. The van der Waals surface area contributed by atoms with Crippen molar-refractivity contribution in [1.82, 2.24) is 4.90 Å². The lowest BCUT2D eigenvalue weighted by Crippen LogP contribution is -2.59. The highest BCUT2D eigenvalue weighted by molar-refractivity contribution is 6.14. The van der Waals surface area contributed by atoms with Gasteiger partial charge < -0.3 is 14.4 Å². The summed E-state index contributed by atoms with van der Waals surface area (Å²) in [6, 6.07) is 3.56. The molecule has 0 aromatic heterocycles. The molecule has 24 heavy (non-hydrogen) atoms. The number of rotatable bonds is 0. The third-order valence-corrected chi connectivity index (χ3v) is 4.80. The van der Waals surface area contributed by atoms with Gasteiger partial charge in [-0.15, -0.1) is 0 Å². The third kappa shape index (κ3) is 2.28. The van der Waals surface area contributed by atoms with Crippen LogP contribution in [0.2, 0.25) is 0 Å². The molecule has 3 aliphatic rings. The summed E-state index contributed by atoms with van der Waals surface area (Å²) in [4.78, 5) is 37.2. The Balaban J connectivity index is 1.49. The lowest BCUT2D eigenvalue weighted by atomic mass is 9.77. The Hall–Kier alpha value is -2.37. The van der Waals surface area contributed by atoms with Crippen molar-refractivity contribution >= 4 is 18.0 Å². The van der Waals surface area contributed by atoms with Gasteiger partial charge >= 0.3 is 18.0 Å². The molecular formula is C18H19NO5. The summed E-state index contributed by atoms with van der Waals surface area (Å²) in [6.07, 6.45) is 1.32. The molecule has 6 nitrogen and oxygen atoms in total. The number of esters is 2. The number of likely N-dealkylation sites (tertiary alicyclic amines) is 1. The molecule has 1 aromatic carbocycles. The van der Waals surface area contributed by atoms with Gasteiger partial charge in [-0.05, 0) is 56.9 Å². The van der Waals surface area contributed by atoms with E-state index in [1.807, 2.05) is 20.8 Å². The molecule has 1 fully saturated rings. The average Bonchev–Trinajstić information content (AvgIpc) is 2.92. The maximum atomic E-state index is 12.1. The Labute approximate surface area is 139 Å². The first-order valence-electron chi connectivity index (χ1n) is 8.06. The lowest BCUT2D eigenvalue weighted by molar-refractivity contribution is -0.0307. The fraction of sp³-hybridized carbons (Fsp3) is 0.500. The van der Waals surface area contributed by atoms with Gasteiger partial charge in [0, 0.05) is 18.5 Å². The van der Waals surface area contributed by atoms with E-state index in [-0.39, 0.29) is 11.5 Å². The van der Waals surface area contributed by atoms with E-state index in [1.165, 1.54) is 0 Å². The van der Waals surface area contributed by atoms with Crippen molar-refractivity contribution in [3.05, 3.63) is 34.4 Å². The van der Waals surface area contributed by atoms with Crippen molar-refractivity contribution in [1.29, 1.82) is 0 Å². The van der Waals surface area contributed by atoms with Gasteiger partial charge in [0.2, 0.25) is 0 Å². The number of hydrogen-bond acceptors (Lipinski definition) is 5. The molecule has 4 rings (SSSR count). The Morgan fingerprint density at radius 3 is 2.04 bits per heavy atom. The zero-order chi connectivity index (χ0) is 17.3. The molecule has 1 aromatic rings. The highest BCUT2D eigenvalue weighted by Gasteiger charge is 2.50. The highest BCUT2D eigenvalue weighted by Crippen LogP contribution is 2.45. The van der Waals surface area contributed by atoms with Crippen LogP contribution in [-0.2, 0) is 22.3 Å². The van der Waals surface area contributed by atoms with Crippen molar-refractivity contribution < 1.29 is 23.9 Å². The molecule has 6 heteroatoms. The molecule has 0 atom stereocenters. The monoisotopic (exact) mass is 329 g/mol. The van der Waals surface area contributed by atoms with Crippen LogP contribution in [0.4, 0.5) is 4.79 Å². The summed E-state index contributed by atoms with van der Waals surface area (Å²) >= 11 is 0. The van der Waals surface area contributed by atoms with E-state index < -0.39 is 17.5 Å². The van der Waals surface area contributed by atoms with Crippen molar-refractivity contribution in [3.8, 4) is 0 Å². The minimum absolute atomic E-state index is 0.00127. The molecule has 126 valence electrons. The second kappa shape index (κ2) is 4.59. The van der Waals surface area contributed by atoms with E-state index in [0.29, 0.717) is 24.2 Å². The predicted octanol–water partition coefficient (Wildman–Crippen LogP) is 2.33. The maximum absolute atomic E-state index is 12.1. The third-order valence-electron chi connectivity index (χ3n) is 4.80. The first kappa shape index (κ1) is 15.2. The van der Waals surface area contributed by atoms with Gasteiger partial charge in [-0.3, -0.25) is 0 Å². The summed E-state index contributed by atoms with van der Waals surface area (Å²) in [7, 11) is 0. The average molecular weight is 329 g/mol. The molecule has 2 aliphatic heterocycles. The molecule has 0 radical (unpaired) electrons. The Bertz CT molecular complexity index is 738. The summed E-state index contributed by atoms with van der Waals surface area (Å²) in [5, 5.41) is 0. The van der Waals surface area contributed by atoms with Crippen LogP contribution in [0.3, 0.4) is 0 Å². The van der Waals surface area contributed by atoms with Gasteiger partial charge in [0.15, 0.2) is 0 Å². The molecule has 0 N–H and O–H groups in total. The van der Waals surface area contributed by atoms with Gasteiger partial charge in [0.05, 0.1) is 11.1 Å². The number of hydrogen-bond donors (Lipinski definition) is 0. The van der Waals surface area contributed by atoms with Crippen molar-refractivity contribution in [3.63, 3.8) is 0 Å². The predicted molar refractivity (Wildman–Crippen MR) is 83.8 cm³/mol. The molecule has 0 unspecified atom stereocenters. The van der Waals surface area contributed by atoms with Gasteiger partial charge in [0.25, 0.3) is 0 Å². The Morgan fingerprint density at radius 1 is 1.08 bits per heavy atom. The second-order valence-electron chi connectivity index (χ2n) is 8.03. The van der Waals surface area contributed by atoms with Crippen LogP contribution in [0, 0.1) is 5.41 Å². The van der Waals surface area contributed by atoms with E-state index >= 15 is 0 Å². The van der Waals surface area contributed by atoms with Crippen molar-refractivity contribution in [2.45, 2.75) is 39.2 Å². The molecule has 1 amide bonds. The highest BCUT2D eigenvalue weighted by atomic mass is 16.6. The zero-order valence-corrected chi connectivity index (χ0v) is 14.0. The smallest absolute Gasteiger partial charge is 0.410 e. The van der Waals surface area contributed by atoms with Crippen LogP contribution in [0.1, 0.15) is 52.6 Å². The van der Waals surface area contributed by atoms with Gasteiger partial charge in [-0.25, -0.2) is 14.4 Å². The number of ether oxygens (including phenoxy) is 2. The summed E-state index contributed by atoms with van der Waals surface area (Å²) in [5.41, 5.74) is 2.37. The zero-order valence-electron chi connectivity index (χ0n) is 14.0. The summed E-state index contributed by atoms with van der Waals surface area (Å²) in [6.45, 7) is 6.83. The summed E-state index contributed by atoms with van der Waals surface area (Å²) < 4.78 is 10.0. The van der Waals surface area contributed by atoms with Crippen LogP contribution >= 0.6 is 0 Å². The SMILES string of the molecule is CC(C)(C)OC(=O)N1CC2(Cc3cc4c(cc3C2)C(=O)OC4=O)C1. The van der Waals surface area contributed by atoms with Gasteiger partial charge in [0.1, 0.15) is 5.60 Å². The Kier molecular flexibility index (Phi) is 2.90. The molecule has 2 heterocycles. The topological polar surface area (TPSA) is 72.9 Å². The van der Waals surface area contributed by atoms with Crippen molar-refractivity contribution in [2.24, 2.45) is 5.41 Å². The van der Waals surface area contributed by atoms with E-state index in [1.54, 1.807) is 17.0 Å². The summed E-state index contributed by atoms with van der Waals surface area (Å²) in [5.74, 6) is -1.13. The maximum Gasteiger partial charge on any atom is 0.410 e. The quantitative estimate of drug-likeness (QED) is 0.539. The van der Waals surface area contributed by atoms with Crippen LogP contribution in [0.15, 0.2) is 12.1 Å². The first-order valence-corrected chi connectivity index (χ1v) is 8.06. The van der Waals surface area contributed by atoms with Crippen LogP contribution in [0.5, 0.6) is 0 Å². The van der Waals surface area contributed by atoms with Crippen LogP contribution in [0.25, 0.3) is 0 Å². The van der Waals surface area contributed by atoms with Crippen LogP contribution in [-0.4, -0.2) is 41.6 Å². The normalized spacial score (nSPS) is 20.5. The lowest BCUT2D eigenvalue weighted by Gasteiger charge is -2.48. The van der Waals surface area contributed by atoms with E-state index in [4.69, 9.17) is 4.74 Å². The molecule has 0 saturated carbocycles. The fourth-order valence-corrected chi connectivity index (χ4v) is 3.86. The molecule has 1 spiro atoms. The first-order chi connectivity index (χ1) is 11.2. The van der Waals surface area contributed by atoms with E-state index in [0.717, 1.165) is 24.0 Å². The number of nitrogens with zero attached hydrogens (tertiary/aromatic N) is 1. The van der Waals surface area contributed by atoms with E-state index in [9.17, 15) is 14.4 Å². The number of fused-ring (bicyclic) bond motifs is 2. The largest absolute Gasteiger partial charge is 0.444 e. The number of benzene rings is 1. The standard InChI is InChI=1S/C18H19NO5/c1-17(2,3)24-16(22)19-8-18(9-19)6-10-4-12-13(5-11(10)7-18)15(21)23-14(12)20/h4-5H,6-9H2,1-3H3. The van der Waals surface area contributed by atoms with Gasteiger partial charge in [-0.2, -0.15) is 0 Å². The number of carbonyl (C=O) groups excluding carboxylic acids is 3. The number of amides is 1. The molecular weight excluding hydrogens is 310 g/mol. The van der Waals surface area contributed by atoms with Gasteiger partial charge in [-0.1, -0.05) is 0 Å². The van der Waals surface area contributed by atoms with E-state index in [2.05, 4.69) is 4.74 Å². The second-order valence-corrected chi connectivity index (χ2v) is 8.03. The number of carbonyl (C=O) groups is 3. The molecule has 1 aliphatic carbocycles. The fourth-order valence-electron chi connectivity index (χ4n) is 3.86. The minimum atomic E-state index is -0.567. The minimum Gasteiger partial charge on any atom is -0.444 e. The number of cyclic esters (lactones) is 2. The molecule has 0 bridgehead atoms. The Morgan fingerprint density at radius 2 is 1.58 bits per heavy atom.